The molecular formula is C19H15ClFN3O2S. The molecule has 0 aliphatic rings. The second-order valence-electron chi connectivity index (χ2n) is 5.53. The Kier molecular flexibility index (Phi) is 6.16. The molecule has 0 fully saturated rings. The number of rotatable bonds is 6. The molecule has 1 N–H and O–H groups in total. The maximum atomic E-state index is 13.4. The molecule has 0 saturated carbocycles. The lowest BCUT2D eigenvalue weighted by atomic mass is 10.2. The van der Waals surface area contributed by atoms with Crippen molar-refractivity contribution in [3.63, 3.8) is 0 Å². The molecule has 1 aromatic heterocycles. The number of nitrogens with zero attached hydrogens (tertiary/aromatic N) is 2. The molecule has 0 aliphatic carbocycles. The van der Waals surface area contributed by atoms with E-state index in [2.05, 4.69) is 15.5 Å². The van der Waals surface area contributed by atoms with Gasteiger partial charge in [0.25, 0.3) is 5.91 Å². The van der Waals surface area contributed by atoms with Crippen LogP contribution in [0.15, 0.2) is 59.1 Å². The molecule has 0 radical (unpaired) electrons. The number of benzene rings is 2. The molecule has 0 saturated heterocycles. The Morgan fingerprint density at radius 2 is 2.07 bits per heavy atom. The topological polar surface area (TPSA) is 63.6 Å². The number of halogens is 2. The van der Waals surface area contributed by atoms with Crippen LogP contribution in [0.5, 0.6) is 0 Å². The first-order valence-corrected chi connectivity index (χ1v) is 9.21. The molecule has 0 atom stereocenters. The van der Waals surface area contributed by atoms with Crippen molar-refractivity contribution in [3.8, 4) is 10.6 Å². The van der Waals surface area contributed by atoms with E-state index in [1.807, 2.05) is 35.7 Å². The average molecular weight is 404 g/mol. The Balaban J connectivity index is 1.55. The molecule has 3 aromatic rings. The van der Waals surface area contributed by atoms with Gasteiger partial charge in [-0.1, -0.05) is 47.1 Å². The van der Waals surface area contributed by atoms with Crippen LogP contribution >= 0.6 is 22.9 Å². The zero-order valence-electron chi connectivity index (χ0n) is 14.3. The molecule has 3 rings (SSSR count). The van der Waals surface area contributed by atoms with Gasteiger partial charge in [0.15, 0.2) is 6.61 Å². The van der Waals surface area contributed by atoms with Crippen LogP contribution in [0, 0.1) is 5.82 Å². The van der Waals surface area contributed by atoms with E-state index in [0.717, 1.165) is 16.6 Å². The van der Waals surface area contributed by atoms with E-state index in [0.29, 0.717) is 17.1 Å². The van der Waals surface area contributed by atoms with Crippen LogP contribution in [-0.2, 0) is 9.63 Å². The molecule has 27 heavy (non-hydrogen) atoms. The van der Waals surface area contributed by atoms with E-state index in [9.17, 15) is 9.18 Å². The highest BCUT2D eigenvalue weighted by Gasteiger charge is 2.09. The lowest BCUT2D eigenvalue weighted by molar-refractivity contribution is -0.120. The third-order valence-corrected chi connectivity index (χ3v) is 4.69. The van der Waals surface area contributed by atoms with E-state index >= 15 is 0 Å². The molecule has 0 aliphatic heterocycles. The summed E-state index contributed by atoms with van der Waals surface area (Å²) in [5.41, 5.74) is 2.55. The summed E-state index contributed by atoms with van der Waals surface area (Å²) < 4.78 is 13.4. The van der Waals surface area contributed by atoms with Crippen molar-refractivity contribution in [2.75, 3.05) is 11.9 Å². The van der Waals surface area contributed by atoms with Crippen LogP contribution in [0.2, 0.25) is 5.02 Å². The standard InChI is InChI=1S/C19H15ClFN3O2S/c1-12(17-11-27-19(23-17)13-5-3-2-4-6-13)24-26-10-18(25)22-14-7-8-15(20)16(21)9-14/h2-9,11H,10H2,1H3,(H,22,25)/b24-12+. The third-order valence-electron chi connectivity index (χ3n) is 3.50. The second-order valence-corrected chi connectivity index (χ2v) is 6.80. The molecule has 0 unspecified atom stereocenters. The van der Waals surface area contributed by atoms with E-state index in [1.165, 1.54) is 23.5 Å². The minimum atomic E-state index is -0.609. The Morgan fingerprint density at radius 3 is 2.81 bits per heavy atom. The SMILES string of the molecule is C/C(=N\OCC(=O)Nc1ccc(Cl)c(F)c1)c1csc(-c2ccccc2)n1. The molecule has 0 spiro atoms. The number of carbonyl (C=O) groups excluding carboxylic acids is 1. The Labute approximate surface area is 164 Å². The van der Waals surface area contributed by atoms with Crippen molar-refractivity contribution < 1.29 is 14.0 Å². The van der Waals surface area contributed by atoms with Crippen molar-refractivity contribution in [2.24, 2.45) is 5.16 Å². The predicted molar refractivity (Wildman–Crippen MR) is 106 cm³/mol. The summed E-state index contributed by atoms with van der Waals surface area (Å²) in [6, 6.07) is 13.8. The van der Waals surface area contributed by atoms with E-state index in [4.69, 9.17) is 16.4 Å². The summed E-state index contributed by atoms with van der Waals surface area (Å²) in [6.45, 7) is 1.44. The van der Waals surface area contributed by atoms with Crippen molar-refractivity contribution in [2.45, 2.75) is 6.92 Å². The van der Waals surface area contributed by atoms with Crippen LogP contribution in [0.3, 0.4) is 0 Å². The number of hydrogen-bond donors (Lipinski definition) is 1. The number of hydrogen-bond acceptors (Lipinski definition) is 5. The van der Waals surface area contributed by atoms with Gasteiger partial charge in [0.1, 0.15) is 16.5 Å². The van der Waals surface area contributed by atoms with Crippen molar-refractivity contribution in [1.29, 1.82) is 0 Å². The molecule has 2 aromatic carbocycles. The normalized spacial score (nSPS) is 11.3. The minimum absolute atomic E-state index is 0.0115. The maximum Gasteiger partial charge on any atom is 0.265 e. The summed E-state index contributed by atoms with van der Waals surface area (Å²) in [6.07, 6.45) is 0. The first kappa shape index (κ1) is 19.0. The Hall–Kier alpha value is -2.77. The van der Waals surface area contributed by atoms with Gasteiger partial charge in [0.05, 0.1) is 10.7 Å². The van der Waals surface area contributed by atoms with Crippen LogP contribution in [0.25, 0.3) is 10.6 Å². The van der Waals surface area contributed by atoms with Gasteiger partial charge < -0.3 is 10.2 Å². The van der Waals surface area contributed by atoms with Gasteiger partial charge in [-0.3, -0.25) is 4.79 Å². The van der Waals surface area contributed by atoms with Crippen LogP contribution in [0.1, 0.15) is 12.6 Å². The van der Waals surface area contributed by atoms with Crippen LogP contribution in [0.4, 0.5) is 10.1 Å². The largest absolute Gasteiger partial charge is 0.385 e. The number of aromatic nitrogens is 1. The molecule has 1 heterocycles. The molecule has 1 amide bonds. The monoisotopic (exact) mass is 403 g/mol. The van der Waals surface area contributed by atoms with Gasteiger partial charge in [-0.15, -0.1) is 11.3 Å². The smallest absolute Gasteiger partial charge is 0.265 e. The number of amides is 1. The fraction of sp³-hybridized carbons (Fsp3) is 0.105. The van der Waals surface area contributed by atoms with Crippen LogP contribution < -0.4 is 5.32 Å². The van der Waals surface area contributed by atoms with Gasteiger partial charge in [-0.05, 0) is 25.1 Å². The zero-order valence-corrected chi connectivity index (χ0v) is 15.9. The van der Waals surface area contributed by atoms with E-state index in [-0.39, 0.29) is 11.6 Å². The van der Waals surface area contributed by atoms with E-state index < -0.39 is 11.7 Å². The first-order chi connectivity index (χ1) is 13.0. The minimum Gasteiger partial charge on any atom is -0.385 e. The van der Waals surface area contributed by atoms with Crippen molar-refractivity contribution in [3.05, 3.63) is 70.4 Å². The van der Waals surface area contributed by atoms with Gasteiger partial charge in [-0.25, -0.2) is 9.37 Å². The highest BCUT2D eigenvalue weighted by molar-refractivity contribution is 7.13. The molecule has 0 bridgehead atoms. The molecule has 5 nitrogen and oxygen atoms in total. The number of oxime groups is 1. The maximum absolute atomic E-state index is 13.4. The predicted octanol–water partition coefficient (Wildman–Crippen LogP) is 4.98. The number of anilines is 1. The number of carbonyl (C=O) groups is 1. The van der Waals surface area contributed by atoms with Gasteiger partial charge in [0, 0.05) is 16.6 Å². The highest BCUT2D eigenvalue weighted by Crippen LogP contribution is 2.23. The van der Waals surface area contributed by atoms with Gasteiger partial charge in [0.2, 0.25) is 0 Å². The summed E-state index contributed by atoms with van der Waals surface area (Å²) >= 11 is 7.10. The summed E-state index contributed by atoms with van der Waals surface area (Å²) in [7, 11) is 0. The number of nitrogens with one attached hydrogen (secondary N) is 1. The first-order valence-electron chi connectivity index (χ1n) is 7.95. The van der Waals surface area contributed by atoms with E-state index in [1.54, 1.807) is 6.92 Å². The summed E-state index contributed by atoms with van der Waals surface area (Å²) in [5, 5.41) is 9.17. The summed E-state index contributed by atoms with van der Waals surface area (Å²) in [4.78, 5) is 21.4. The lowest BCUT2D eigenvalue weighted by Gasteiger charge is -2.05. The Bertz CT molecular complexity index is 976. The molecular weight excluding hydrogens is 389 g/mol. The third kappa shape index (κ3) is 5.12. The second kappa shape index (κ2) is 8.75. The fourth-order valence-corrected chi connectivity index (χ4v) is 3.15. The lowest BCUT2D eigenvalue weighted by Crippen LogP contribution is -2.17. The van der Waals surface area contributed by atoms with Crippen molar-refractivity contribution >= 4 is 40.2 Å². The Morgan fingerprint density at radius 1 is 1.30 bits per heavy atom. The fourth-order valence-electron chi connectivity index (χ4n) is 2.16. The van der Waals surface area contributed by atoms with Gasteiger partial charge in [-0.2, -0.15) is 0 Å². The average Bonchev–Trinajstić information content (AvgIpc) is 3.16. The van der Waals surface area contributed by atoms with Crippen LogP contribution in [-0.4, -0.2) is 23.2 Å². The molecule has 138 valence electrons. The summed E-state index contributed by atoms with van der Waals surface area (Å²) in [5.74, 6) is -1.07. The quantitative estimate of drug-likeness (QED) is 0.466. The zero-order chi connectivity index (χ0) is 19.2. The highest BCUT2D eigenvalue weighted by atomic mass is 35.5. The van der Waals surface area contributed by atoms with Gasteiger partial charge >= 0.3 is 0 Å². The van der Waals surface area contributed by atoms with Crippen molar-refractivity contribution in [1.82, 2.24) is 4.98 Å². The molecule has 8 heteroatoms. The number of thiazole rings is 1.